The number of aromatic amines is 1. The zero-order valence-electron chi connectivity index (χ0n) is 22.3. The zero-order chi connectivity index (χ0) is 29.0. The average Bonchev–Trinajstić information content (AvgIpc) is 3.21. The smallest absolute Gasteiger partial charge is 0.283 e. The molecular weight excluding hydrogens is 536 g/mol. The van der Waals surface area contributed by atoms with Gasteiger partial charge in [0.1, 0.15) is 24.1 Å². The van der Waals surface area contributed by atoms with Crippen molar-refractivity contribution in [2.24, 2.45) is 5.92 Å². The number of aliphatic hydroxyl groups excluding tert-OH is 1. The van der Waals surface area contributed by atoms with Gasteiger partial charge in [0.25, 0.3) is 5.92 Å². The molecule has 0 bridgehead atoms. The lowest BCUT2D eigenvalue weighted by Crippen LogP contribution is -2.55. The summed E-state index contributed by atoms with van der Waals surface area (Å²) in [5, 5.41) is 21.0. The van der Waals surface area contributed by atoms with E-state index in [1.54, 1.807) is 6.92 Å². The molecule has 5 rings (SSSR count). The van der Waals surface area contributed by atoms with Crippen molar-refractivity contribution in [1.82, 2.24) is 14.8 Å². The van der Waals surface area contributed by atoms with Gasteiger partial charge in [-0.25, -0.2) is 22.0 Å². The predicted octanol–water partition coefficient (Wildman–Crippen LogP) is 5.05. The Bertz CT molecular complexity index is 1360. The largest absolute Gasteiger partial charge is 0.390 e. The molecule has 0 saturated carbocycles. The van der Waals surface area contributed by atoms with Crippen molar-refractivity contribution in [1.29, 1.82) is 0 Å². The number of fused-ring (bicyclic) bond motifs is 3. The van der Waals surface area contributed by atoms with Crippen molar-refractivity contribution >= 4 is 10.9 Å². The first-order valence-electron chi connectivity index (χ1n) is 13.4. The molecule has 0 amide bonds. The summed E-state index contributed by atoms with van der Waals surface area (Å²) >= 11 is 0. The number of H-pyrrole nitrogens is 1. The Morgan fingerprint density at radius 3 is 2.38 bits per heavy atom. The normalized spacial score (nSPS) is 22.4. The van der Waals surface area contributed by atoms with Gasteiger partial charge in [0, 0.05) is 53.8 Å². The number of alkyl halides is 3. The third-order valence-electron chi connectivity index (χ3n) is 8.51. The third kappa shape index (κ3) is 5.13. The molecule has 0 radical (unpaired) electrons. The van der Waals surface area contributed by atoms with E-state index in [0.29, 0.717) is 42.5 Å². The SMILES string of the molecule is C[C@@H]1Cc2c([nH]c3ccc(F)cc23)[C@@H](c2c(F)cc([C@@](C)(O)C3CN(CCCF)C3)cc2F)N1CC(F)(F)CO. The maximum Gasteiger partial charge on any atom is 0.283 e. The monoisotopic (exact) mass is 569 g/mol. The number of aromatic nitrogens is 1. The number of likely N-dealkylation sites (tertiary alicyclic amines) is 1. The molecule has 11 heteroatoms. The summed E-state index contributed by atoms with van der Waals surface area (Å²) in [5.74, 6) is -6.42. The van der Waals surface area contributed by atoms with Crippen LogP contribution in [-0.2, 0) is 12.0 Å². The van der Waals surface area contributed by atoms with Crippen LogP contribution in [0.5, 0.6) is 0 Å². The van der Waals surface area contributed by atoms with Gasteiger partial charge in [0.2, 0.25) is 0 Å². The number of aliphatic hydroxyl groups is 2. The highest BCUT2D eigenvalue weighted by Crippen LogP contribution is 2.45. The third-order valence-corrected chi connectivity index (χ3v) is 8.51. The van der Waals surface area contributed by atoms with Gasteiger partial charge in [-0.15, -0.1) is 0 Å². The van der Waals surface area contributed by atoms with Crippen LogP contribution in [0.3, 0.4) is 0 Å². The minimum Gasteiger partial charge on any atom is -0.390 e. The van der Waals surface area contributed by atoms with E-state index < -0.39 is 66.4 Å². The minimum atomic E-state index is -3.54. The minimum absolute atomic E-state index is 0.0106. The zero-order valence-corrected chi connectivity index (χ0v) is 22.3. The molecule has 5 nitrogen and oxygen atoms in total. The first-order valence-corrected chi connectivity index (χ1v) is 13.4. The highest BCUT2D eigenvalue weighted by molar-refractivity contribution is 5.85. The quantitative estimate of drug-likeness (QED) is 0.316. The Morgan fingerprint density at radius 2 is 1.75 bits per heavy atom. The second kappa shape index (κ2) is 10.7. The number of nitrogens with one attached hydrogen (secondary N) is 1. The van der Waals surface area contributed by atoms with Crippen molar-refractivity contribution in [2.75, 3.05) is 39.5 Å². The molecule has 0 unspecified atom stereocenters. The van der Waals surface area contributed by atoms with Crippen LogP contribution in [0.2, 0.25) is 0 Å². The summed E-state index contributed by atoms with van der Waals surface area (Å²) < 4.78 is 87.5. The number of halogens is 6. The van der Waals surface area contributed by atoms with Gasteiger partial charge in [-0.05, 0) is 68.1 Å². The van der Waals surface area contributed by atoms with Crippen molar-refractivity contribution in [3.8, 4) is 0 Å². The maximum absolute atomic E-state index is 15.9. The van der Waals surface area contributed by atoms with Crippen molar-refractivity contribution < 1.29 is 36.6 Å². The molecule has 3 atom stereocenters. The van der Waals surface area contributed by atoms with E-state index in [1.165, 1.54) is 30.0 Å². The number of benzene rings is 2. The molecule has 3 N–H and O–H groups in total. The van der Waals surface area contributed by atoms with Crippen LogP contribution in [0.15, 0.2) is 30.3 Å². The number of hydrogen-bond donors (Lipinski definition) is 3. The van der Waals surface area contributed by atoms with Gasteiger partial charge in [-0.1, -0.05) is 0 Å². The lowest BCUT2D eigenvalue weighted by molar-refractivity contribution is -0.0870. The fourth-order valence-corrected chi connectivity index (χ4v) is 6.17. The molecule has 3 aromatic rings. The van der Waals surface area contributed by atoms with Gasteiger partial charge in [0.05, 0.1) is 24.9 Å². The number of nitrogens with zero attached hydrogens (tertiary/aromatic N) is 2. The Labute approximate surface area is 228 Å². The molecule has 3 heterocycles. The van der Waals surface area contributed by atoms with E-state index in [-0.39, 0.29) is 23.6 Å². The summed E-state index contributed by atoms with van der Waals surface area (Å²) in [6.07, 6.45) is 0.578. The van der Waals surface area contributed by atoms with E-state index in [1.807, 2.05) is 4.90 Å². The summed E-state index contributed by atoms with van der Waals surface area (Å²) in [7, 11) is 0. The van der Waals surface area contributed by atoms with Crippen LogP contribution < -0.4 is 0 Å². The van der Waals surface area contributed by atoms with Gasteiger partial charge >= 0.3 is 0 Å². The first-order chi connectivity index (χ1) is 18.9. The van der Waals surface area contributed by atoms with Gasteiger partial charge < -0.3 is 20.1 Å². The summed E-state index contributed by atoms with van der Waals surface area (Å²) in [6, 6.07) is 4.12. The molecule has 2 aliphatic rings. The summed E-state index contributed by atoms with van der Waals surface area (Å²) in [6.45, 7) is 1.66. The van der Waals surface area contributed by atoms with Gasteiger partial charge in [0.15, 0.2) is 0 Å². The molecule has 1 aromatic heterocycles. The van der Waals surface area contributed by atoms with E-state index in [4.69, 9.17) is 0 Å². The van der Waals surface area contributed by atoms with E-state index in [9.17, 15) is 27.8 Å². The molecule has 0 aliphatic carbocycles. The molecular formula is C29H33F6N3O2. The van der Waals surface area contributed by atoms with Gasteiger partial charge in [-0.3, -0.25) is 9.29 Å². The molecule has 1 fully saturated rings. The Hall–Kier alpha value is -2.60. The van der Waals surface area contributed by atoms with E-state index in [0.717, 1.165) is 12.1 Å². The molecule has 2 aromatic carbocycles. The standard InChI is InChI=1S/C29H33F6N3O2/c1-16-8-21-20-11-19(31)4-5-24(20)36-26(21)27(38(16)14-29(34,35)15-39)25-22(32)9-17(10-23(25)33)28(2,40)18-12-37(13-18)7-3-6-30/h4-5,9-11,16,18,27,36,39-40H,3,6-8,12-15H2,1-2H3/t16-,27-,28-/m1/s1. The topological polar surface area (TPSA) is 62.7 Å². The van der Waals surface area contributed by atoms with Gasteiger partial charge in [-0.2, -0.15) is 0 Å². The van der Waals surface area contributed by atoms with Crippen LogP contribution in [0, 0.1) is 23.4 Å². The second-order valence-corrected chi connectivity index (χ2v) is 11.3. The molecule has 0 spiro atoms. The van der Waals surface area contributed by atoms with Crippen LogP contribution in [0.25, 0.3) is 10.9 Å². The Balaban J connectivity index is 1.57. The van der Waals surface area contributed by atoms with E-state index >= 15 is 8.78 Å². The predicted molar refractivity (Wildman–Crippen MR) is 138 cm³/mol. The van der Waals surface area contributed by atoms with Crippen LogP contribution >= 0.6 is 0 Å². The molecule has 218 valence electrons. The lowest BCUT2D eigenvalue weighted by atomic mass is 9.77. The first kappa shape index (κ1) is 28.9. The highest BCUT2D eigenvalue weighted by atomic mass is 19.3. The van der Waals surface area contributed by atoms with Crippen molar-refractivity contribution in [3.05, 3.63) is 70.2 Å². The van der Waals surface area contributed by atoms with Crippen LogP contribution in [-0.4, -0.2) is 76.4 Å². The van der Waals surface area contributed by atoms with E-state index in [2.05, 4.69) is 4.98 Å². The molecule has 2 aliphatic heterocycles. The lowest BCUT2D eigenvalue weighted by Gasteiger charge is -2.47. The molecule has 40 heavy (non-hydrogen) atoms. The van der Waals surface area contributed by atoms with Crippen LogP contribution in [0.4, 0.5) is 26.3 Å². The fraction of sp³-hybridized carbons (Fsp3) is 0.517. The van der Waals surface area contributed by atoms with Crippen LogP contribution in [0.1, 0.15) is 48.7 Å². The van der Waals surface area contributed by atoms with Crippen molar-refractivity contribution in [3.63, 3.8) is 0 Å². The Kier molecular flexibility index (Phi) is 7.71. The second-order valence-electron chi connectivity index (χ2n) is 11.3. The Morgan fingerprint density at radius 1 is 1.07 bits per heavy atom. The van der Waals surface area contributed by atoms with Crippen molar-refractivity contribution in [2.45, 2.75) is 50.3 Å². The molecule has 1 saturated heterocycles. The maximum atomic E-state index is 15.9. The fourth-order valence-electron chi connectivity index (χ4n) is 6.17. The number of hydrogen-bond acceptors (Lipinski definition) is 4. The summed E-state index contributed by atoms with van der Waals surface area (Å²) in [4.78, 5) is 6.27. The number of rotatable bonds is 9. The highest BCUT2D eigenvalue weighted by Gasteiger charge is 2.45. The average molecular weight is 570 g/mol. The summed E-state index contributed by atoms with van der Waals surface area (Å²) in [5.41, 5.74) is -0.704.